The molecule has 2 saturated carbocycles. The zero-order chi connectivity index (χ0) is 42.5. The van der Waals surface area contributed by atoms with Crippen LogP contribution in [0.2, 0.25) is 0 Å². The summed E-state index contributed by atoms with van der Waals surface area (Å²) in [6, 6.07) is 32.6. The molecule has 0 saturated heterocycles. The molecule has 7 rings (SSSR count). The fourth-order valence-corrected chi connectivity index (χ4v) is 9.56. The van der Waals surface area contributed by atoms with Crippen molar-refractivity contribution in [3.8, 4) is 0 Å². The van der Waals surface area contributed by atoms with Gasteiger partial charge in [0.1, 0.15) is 16.7 Å². The molecule has 2 N–H and O–H groups in total. The standard InChI is InChI=1S/C37H36N2O6S2.C12H23N/c1-3-38(26-28-10-8-14-35(24-28)46(40,41)42)33-20-16-31(17-21-33)37(30-12-6-5-7-13-30)32-18-22-34(23-19-32)39(4-2)27-29-11-9-15-36(25-29)47(43,44)45;1-3-7-11(8-4-1)13-12-9-5-2-6-10-12/h5-25H,3-4,26-27H2,1-2H3,(H-,40,41,42,43,44,45);11-13H,1-10H2. The molecule has 0 spiro atoms. The van der Waals surface area contributed by atoms with E-state index in [1.807, 2.05) is 56.3 Å². The summed E-state index contributed by atoms with van der Waals surface area (Å²) in [6.45, 7) is 6.35. The van der Waals surface area contributed by atoms with Gasteiger partial charge in [0, 0.05) is 48.6 Å². The van der Waals surface area contributed by atoms with Crippen molar-refractivity contribution in [2.75, 3.05) is 18.0 Å². The first kappa shape index (κ1) is 44.9. The van der Waals surface area contributed by atoms with Gasteiger partial charge in [-0.05, 0) is 116 Å². The number of benzene rings is 4. The molecule has 3 aliphatic rings. The Morgan fingerprint density at radius 1 is 0.683 bits per heavy atom. The molecule has 0 heterocycles. The lowest BCUT2D eigenvalue weighted by molar-refractivity contribution is -0.539. The second kappa shape index (κ2) is 21.2. The minimum atomic E-state index is -4.53. The number of nitrogens with zero attached hydrogens (tertiary/aromatic N) is 2. The molecule has 11 heteroatoms. The van der Waals surface area contributed by atoms with Crippen LogP contribution in [0, 0.1) is 0 Å². The minimum absolute atomic E-state index is 0.125. The minimum Gasteiger partial charge on any atom is -0.744 e. The first-order valence-corrected chi connectivity index (χ1v) is 24.3. The van der Waals surface area contributed by atoms with E-state index in [1.54, 1.807) is 12.1 Å². The molecule has 4 aromatic rings. The second-order valence-electron chi connectivity index (χ2n) is 15.9. The summed E-state index contributed by atoms with van der Waals surface area (Å²) in [6.07, 6.45) is 22.8. The highest BCUT2D eigenvalue weighted by Gasteiger charge is 2.20. The van der Waals surface area contributed by atoms with Crippen LogP contribution >= 0.6 is 0 Å². The summed E-state index contributed by atoms with van der Waals surface area (Å²) in [5, 5.41) is 3.86. The maximum Gasteiger partial charge on any atom is 0.294 e. The molecule has 0 aromatic heterocycles. The van der Waals surface area contributed by atoms with E-state index in [9.17, 15) is 25.9 Å². The van der Waals surface area contributed by atoms with Gasteiger partial charge in [-0.15, -0.1) is 0 Å². The van der Waals surface area contributed by atoms with Crippen LogP contribution in [0.1, 0.15) is 100 Å². The van der Waals surface area contributed by atoms with Crippen molar-refractivity contribution in [2.45, 2.75) is 113 Å². The SMILES string of the molecule is C1CCC(NC2CCCCC2)CC1.CCN(Cc1cccc(S(=O)(=O)[O-])c1)c1ccc(C(=C2C=CC(=[N+](CC)Cc3cccc(S(=O)(=O)O)c3)C=C2)c2ccccc2)cc1. The topological polar surface area (TPSA) is 130 Å². The Labute approximate surface area is 357 Å². The molecule has 0 unspecified atom stereocenters. The first-order chi connectivity index (χ1) is 28.9. The third-order valence-corrected chi connectivity index (χ3v) is 13.4. The number of anilines is 1. The van der Waals surface area contributed by atoms with Crippen molar-refractivity contribution in [1.29, 1.82) is 0 Å². The van der Waals surface area contributed by atoms with E-state index in [4.69, 9.17) is 0 Å². The lowest BCUT2D eigenvalue weighted by Crippen LogP contribution is -2.40. The average molecular weight is 850 g/mol. The molecule has 0 bridgehead atoms. The van der Waals surface area contributed by atoms with E-state index in [2.05, 4.69) is 63.4 Å². The highest BCUT2D eigenvalue weighted by molar-refractivity contribution is 7.86. The maximum atomic E-state index is 11.6. The molecule has 4 aromatic carbocycles. The Hall–Kier alpha value is -4.65. The normalized spacial score (nSPS) is 16.3. The molecular weight excluding hydrogens is 791 g/mol. The van der Waals surface area contributed by atoms with Gasteiger partial charge >= 0.3 is 0 Å². The van der Waals surface area contributed by atoms with E-state index >= 15 is 0 Å². The first-order valence-electron chi connectivity index (χ1n) is 21.4. The molecule has 0 aliphatic heterocycles. The summed E-state index contributed by atoms with van der Waals surface area (Å²) >= 11 is 0. The summed E-state index contributed by atoms with van der Waals surface area (Å²) in [5.74, 6) is 0. The Kier molecular flexibility index (Phi) is 15.9. The van der Waals surface area contributed by atoms with Gasteiger partial charge in [0.05, 0.1) is 9.79 Å². The summed E-state index contributed by atoms with van der Waals surface area (Å²) < 4.78 is 69.5. The van der Waals surface area contributed by atoms with Crippen molar-refractivity contribution in [2.24, 2.45) is 0 Å². The van der Waals surface area contributed by atoms with Crippen LogP contribution < -0.4 is 10.2 Å². The Morgan fingerprint density at radius 2 is 1.23 bits per heavy atom. The maximum absolute atomic E-state index is 11.6. The van der Waals surface area contributed by atoms with Crippen molar-refractivity contribution in [3.63, 3.8) is 0 Å². The Bertz CT molecular complexity index is 2360. The van der Waals surface area contributed by atoms with E-state index in [0.717, 1.165) is 56.9 Å². The van der Waals surface area contributed by atoms with Gasteiger partial charge in [-0.1, -0.05) is 105 Å². The summed E-state index contributed by atoms with van der Waals surface area (Å²) in [4.78, 5) is 1.76. The molecule has 0 atom stereocenters. The highest BCUT2D eigenvalue weighted by Crippen LogP contribution is 2.32. The lowest BCUT2D eigenvalue weighted by atomic mass is 9.90. The molecule has 0 radical (unpaired) electrons. The predicted molar refractivity (Wildman–Crippen MR) is 241 cm³/mol. The van der Waals surface area contributed by atoms with Gasteiger partial charge in [-0.2, -0.15) is 8.42 Å². The fourth-order valence-electron chi connectivity index (χ4n) is 8.47. The van der Waals surface area contributed by atoms with Crippen LogP contribution in [0.15, 0.2) is 143 Å². The third-order valence-electron chi connectivity index (χ3n) is 11.7. The fraction of sp³-hybridized carbons (Fsp3) is 0.367. The van der Waals surface area contributed by atoms with E-state index < -0.39 is 20.2 Å². The van der Waals surface area contributed by atoms with Crippen LogP contribution in [-0.4, -0.2) is 61.4 Å². The van der Waals surface area contributed by atoms with Crippen LogP contribution in [-0.2, 0) is 33.3 Å². The van der Waals surface area contributed by atoms with E-state index in [0.29, 0.717) is 26.2 Å². The molecule has 3 aliphatic carbocycles. The average Bonchev–Trinajstić information content (AvgIpc) is 3.26. The van der Waals surface area contributed by atoms with Crippen LogP contribution in [0.3, 0.4) is 0 Å². The van der Waals surface area contributed by atoms with Crippen molar-refractivity contribution in [1.82, 2.24) is 5.32 Å². The predicted octanol–water partition coefficient (Wildman–Crippen LogP) is 9.71. The van der Waals surface area contributed by atoms with Crippen molar-refractivity contribution < 1.29 is 30.5 Å². The molecule has 60 heavy (non-hydrogen) atoms. The molecule has 0 amide bonds. The number of hydrogen-bond donors (Lipinski definition) is 2. The highest BCUT2D eigenvalue weighted by atomic mass is 32.2. The van der Waals surface area contributed by atoms with Gasteiger partial charge < -0.3 is 14.8 Å². The van der Waals surface area contributed by atoms with E-state index in [-0.39, 0.29) is 9.79 Å². The zero-order valence-electron chi connectivity index (χ0n) is 34.9. The largest absolute Gasteiger partial charge is 0.744 e. The molecule has 9 nitrogen and oxygen atoms in total. The zero-order valence-corrected chi connectivity index (χ0v) is 36.5. The number of hydrogen-bond acceptors (Lipinski definition) is 7. The van der Waals surface area contributed by atoms with E-state index in [1.165, 1.54) is 88.5 Å². The van der Waals surface area contributed by atoms with Crippen molar-refractivity contribution in [3.05, 3.63) is 155 Å². The van der Waals surface area contributed by atoms with Crippen LogP contribution in [0.25, 0.3) is 5.57 Å². The Morgan fingerprint density at radius 3 is 1.78 bits per heavy atom. The summed E-state index contributed by atoms with van der Waals surface area (Å²) in [5.41, 5.74) is 7.62. The van der Waals surface area contributed by atoms with Gasteiger partial charge in [-0.3, -0.25) is 4.55 Å². The quantitative estimate of drug-likeness (QED) is 0.101. The van der Waals surface area contributed by atoms with Gasteiger partial charge in [0.15, 0.2) is 12.3 Å². The van der Waals surface area contributed by atoms with Crippen molar-refractivity contribution >= 4 is 37.2 Å². The monoisotopic (exact) mass is 849 g/mol. The Balaban J connectivity index is 0.000000392. The van der Waals surface area contributed by atoms with Crippen LogP contribution in [0.5, 0.6) is 0 Å². The second-order valence-corrected chi connectivity index (χ2v) is 18.7. The molecule has 2 fully saturated rings. The van der Waals surface area contributed by atoms with Crippen LogP contribution in [0.4, 0.5) is 5.69 Å². The smallest absolute Gasteiger partial charge is 0.294 e. The van der Waals surface area contributed by atoms with Gasteiger partial charge in [0.25, 0.3) is 10.1 Å². The lowest BCUT2D eigenvalue weighted by Gasteiger charge is -2.30. The van der Waals surface area contributed by atoms with Gasteiger partial charge in [0.2, 0.25) is 0 Å². The molecular formula is C49H59N3O6S2. The number of allylic oxidation sites excluding steroid dienone is 5. The third kappa shape index (κ3) is 12.7. The summed E-state index contributed by atoms with van der Waals surface area (Å²) in [7, 11) is -8.82. The molecule has 318 valence electrons. The number of rotatable bonds is 13. The van der Waals surface area contributed by atoms with Gasteiger partial charge in [-0.25, -0.2) is 13.0 Å². The number of nitrogens with one attached hydrogen (secondary N) is 1.